The van der Waals surface area contributed by atoms with Gasteiger partial charge in [-0.1, -0.05) is 18.2 Å². The molecule has 2 aromatic rings. The second-order valence-electron chi connectivity index (χ2n) is 4.30. The van der Waals surface area contributed by atoms with Gasteiger partial charge >= 0.3 is 0 Å². The number of aromatic nitrogens is 1. The molecule has 0 saturated carbocycles. The third kappa shape index (κ3) is 2.23. The van der Waals surface area contributed by atoms with Crippen LogP contribution < -0.4 is 5.73 Å². The van der Waals surface area contributed by atoms with Gasteiger partial charge in [0.2, 0.25) is 5.91 Å². The zero-order valence-corrected chi connectivity index (χ0v) is 10.3. The number of hydrogen-bond acceptors (Lipinski definition) is 3. The lowest BCUT2D eigenvalue weighted by atomic mass is 10.0. The SMILES string of the molecule is CN(CCO)C(C(N)=O)c1cccc2cc[nH]c12. The molecule has 5 heteroatoms. The van der Waals surface area contributed by atoms with Crippen molar-refractivity contribution in [2.45, 2.75) is 6.04 Å². The summed E-state index contributed by atoms with van der Waals surface area (Å²) in [5.74, 6) is -0.423. The lowest BCUT2D eigenvalue weighted by Crippen LogP contribution is -2.37. The molecule has 96 valence electrons. The third-order valence-electron chi connectivity index (χ3n) is 3.08. The van der Waals surface area contributed by atoms with E-state index in [-0.39, 0.29) is 6.61 Å². The van der Waals surface area contributed by atoms with Crippen LogP contribution in [0.5, 0.6) is 0 Å². The number of fused-ring (bicyclic) bond motifs is 1. The van der Waals surface area contributed by atoms with Gasteiger partial charge in [-0.25, -0.2) is 0 Å². The van der Waals surface area contributed by atoms with Gasteiger partial charge in [0.15, 0.2) is 0 Å². The molecule has 0 saturated heterocycles. The number of nitrogens with two attached hydrogens (primary N) is 1. The predicted molar refractivity (Wildman–Crippen MR) is 69.9 cm³/mol. The second-order valence-corrected chi connectivity index (χ2v) is 4.30. The van der Waals surface area contributed by atoms with Gasteiger partial charge in [0.1, 0.15) is 6.04 Å². The highest BCUT2D eigenvalue weighted by atomic mass is 16.3. The van der Waals surface area contributed by atoms with Gasteiger partial charge in [0.25, 0.3) is 0 Å². The second kappa shape index (κ2) is 5.20. The molecule has 18 heavy (non-hydrogen) atoms. The van der Waals surface area contributed by atoms with Crippen molar-refractivity contribution >= 4 is 16.8 Å². The van der Waals surface area contributed by atoms with Crippen molar-refractivity contribution in [1.82, 2.24) is 9.88 Å². The largest absolute Gasteiger partial charge is 0.395 e. The maximum atomic E-state index is 11.7. The Balaban J connectivity index is 2.48. The summed E-state index contributed by atoms with van der Waals surface area (Å²) in [5.41, 5.74) is 7.23. The van der Waals surface area contributed by atoms with E-state index in [2.05, 4.69) is 4.98 Å². The van der Waals surface area contributed by atoms with Gasteiger partial charge in [-0.05, 0) is 18.5 Å². The topological polar surface area (TPSA) is 82.3 Å². The Hall–Kier alpha value is -1.85. The van der Waals surface area contributed by atoms with Gasteiger partial charge in [-0.3, -0.25) is 9.69 Å². The number of H-pyrrole nitrogens is 1. The number of nitrogens with zero attached hydrogens (tertiary/aromatic N) is 1. The van der Waals surface area contributed by atoms with Crippen LogP contribution in [-0.4, -0.2) is 41.1 Å². The molecule has 1 amide bonds. The minimum atomic E-state index is -0.542. The van der Waals surface area contributed by atoms with E-state index in [1.807, 2.05) is 30.5 Å². The summed E-state index contributed by atoms with van der Waals surface area (Å²) in [6, 6.07) is 7.15. The molecule has 1 aromatic carbocycles. The number of likely N-dealkylation sites (N-methyl/N-ethyl adjacent to an activating group) is 1. The van der Waals surface area contributed by atoms with Crippen molar-refractivity contribution in [3.63, 3.8) is 0 Å². The predicted octanol–water partition coefficient (Wildman–Crippen LogP) is 0.618. The average molecular weight is 247 g/mol. The van der Waals surface area contributed by atoms with Crippen molar-refractivity contribution in [1.29, 1.82) is 0 Å². The van der Waals surface area contributed by atoms with E-state index in [1.165, 1.54) is 0 Å². The Kier molecular flexibility index (Phi) is 3.64. The highest BCUT2D eigenvalue weighted by molar-refractivity contribution is 5.90. The van der Waals surface area contributed by atoms with E-state index >= 15 is 0 Å². The Morgan fingerprint density at radius 2 is 2.28 bits per heavy atom. The van der Waals surface area contributed by atoms with Crippen LogP contribution in [0.1, 0.15) is 11.6 Å². The quantitative estimate of drug-likeness (QED) is 0.724. The van der Waals surface area contributed by atoms with E-state index < -0.39 is 11.9 Å². The fourth-order valence-electron chi connectivity index (χ4n) is 2.23. The van der Waals surface area contributed by atoms with Crippen molar-refractivity contribution < 1.29 is 9.90 Å². The first-order chi connectivity index (χ1) is 8.65. The van der Waals surface area contributed by atoms with E-state index in [0.717, 1.165) is 16.5 Å². The number of carbonyl (C=O) groups is 1. The van der Waals surface area contributed by atoms with Crippen LogP contribution in [0, 0.1) is 0 Å². The Bertz CT molecular complexity index is 550. The summed E-state index contributed by atoms with van der Waals surface area (Å²) < 4.78 is 0. The molecule has 0 aliphatic rings. The summed E-state index contributed by atoms with van der Waals surface area (Å²) in [6.07, 6.45) is 1.83. The standard InChI is InChI=1S/C13H17N3O2/c1-16(7-8-17)12(13(14)18)10-4-2-3-9-5-6-15-11(9)10/h2-6,12,15,17H,7-8H2,1H3,(H2,14,18). The number of aliphatic hydroxyl groups excluding tert-OH is 1. The van der Waals surface area contributed by atoms with E-state index in [0.29, 0.717) is 6.54 Å². The van der Waals surface area contributed by atoms with Crippen LogP contribution in [0.4, 0.5) is 0 Å². The fourth-order valence-corrected chi connectivity index (χ4v) is 2.23. The first-order valence-corrected chi connectivity index (χ1v) is 5.81. The Morgan fingerprint density at radius 1 is 1.50 bits per heavy atom. The zero-order chi connectivity index (χ0) is 13.1. The van der Waals surface area contributed by atoms with E-state index in [9.17, 15) is 4.79 Å². The maximum absolute atomic E-state index is 11.7. The number of nitrogens with one attached hydrogen (secondary N) is 1. The molecule has 4 N–H and O–H groups in total. The number of rotatable bonds is 5. The molecule has 0 bridgehead atoms. The van der Waals surface area contributed by atoms with Gasteiger partial charge in [0.05, 0.1) is 12.1 Å². The van der Waals surface area contributed by atoms with Crippen molar-refractivity contribution in [3.05, 3.63) is 36.0 Å². The van der Waals surface area contributed by atoms with E-state index in [4.69, 9.17) is 10.8 Å². The summed E-state index contributed by atoms with van der Waals surface area (Å²) >= 11 is 0. The van der Waals surface area contributed by atoms with Gasteiger partial charge in [-0.15, -0.1) is 0 Å². The Morgan fingerprint density at radius 3 is 2.94 bits per heavy atom. The third-order valence-corrected chi connectivity index (χ3v) is 3.08. The normalized spacial score (nSPS) is 13.1. The van der Waals surface area contributed by atoms with Crippen LogP contribution in [-0.2, 0) is 4.79 Å². The highest BCUT2D eigenvalue weighted by Crippen LogP contribution is 2.26. The molecule has 2 rings (SSSR count). The fraction of sp³-hybridized carbons (Fsp3) is 0.308. The van der Waals surface area contributed by atoms with Crippen LogP contribution in [0.15, 0.2) is 30.5 Å². The maximum Gasteiger partial charge on any atom is 0.239 e. The number of carbonyl (C=O) groups excluding carboxylic acids is 1. The molecule has 0 fully saturated rings. The highest BCUT2D eigenvalue weighted by Gasteiger charge is 2.24. The lowest BCUT2D eigenvalue weighted by Gasteiger charge is -2.25. The minimum Gasteiger partial charge on any atom is -0.395 e. The number of aliphatic hydroxyl groups is 1. The summed E-state index contributed by atoms with van der Waals surface area (Å²) in [7, 11) is 1.77. The molecule has 5 nitrogen and oxygen atoms in total. The number of aromatic amines is 1. The minimum absolute atomic E-state index is 0.0129. The summed E-state index contributed by atoms with van der Waals surface area (Å²) in [5, 5.41) is 10.0. The molecular weight excluding hydrogens is 230 g/mol. The van der Waals surface area contributed by atoms with Crippen molar-refractivity contribution in [3.8, 4) is 0 Å². The monoisotopic (exact) mass is 247 g/mol. The summed E-state index contributed by atoms with van der Waals surface area (Å²) in [4.78, 5) is 16.5. The first kappa shape index (κ1) is 12.6. The number of primary amides is 1. The lowest BCUT2D eigenvalue weighted by molar-refractivity contribution is -0.123. The molecule has 1 heterocycles. The number of amides is 1. The first-order valence-electron chi connectivity index (χ1n) is 5.81. The molecular formula is C13H17N3O2. The average Bonchev–Trinajstić information content (AvgIpc) is 2.78. The molecule has 1 aromatic heterocycles. The number of benzene rings is 1. The molecule has 0 aliphatic carbocycles. The molecule has 0 aliphatic heterocycles. The molecule has 1 atom stereocenters. The summed E-state index contributed by atoms with van der Waals surface area (Å²) in [6.45, 7) is 0.381. The molecule has 0 spiro atoms. The Labute approximate surface area is 105 Å². The van der Waals surface area contributed by atoms with Crippen LogP contribution >= 0.6 is 0 Å². The van der Waals surface area contributed by atoms with Gasteiger partial charge in [0, 0.05) is 18.3 Å². The van der Waals surface area contributed by atoms with Crippen LogP contribution in [0.25, 0.3) is 10.9 Å². The van der Waals surface area contributed by atoms with Crippen LogP contribution in [0.2, 0.25) is 0 Å². The van der Waals surface area contributed by atoms with Crippen LogP contribution in [0.3, 0.4) is 0 Å². The number of para-hydroxylation sites is 1. The molecule has 1 unspecified atom stereocenters. The van der Waals surface area contributed by atoms with Gasteiger partial charge < -0.3 is 15.8 Å². The van der Waals surface area contributed by atoms with Crippen molar-refractivity contribution in [2.24, 2.45) is 5.73 Å². The molecule has 0 radical (unpaired) electrons. The van der Waals surface area contributed by atoms with Crippen molar-refractivity contribution in [2.75, 3.05) is 20.2 Å². The number of hydrogen-bond donors (Lipinski definition) is 3. The zero-order valence-electron chi connectivity index (χ0n) is 10.3. The van der Waals surface area contributed by atoms with Gasteiger partial charge in [-0.2, -0.15) is 0 Å². The smallest absolute Gasteiger partial charge is 0.239 e. The van der Waals surface area contributed by atoms with E-state index in [1.54, 1.807) is 11.9 Å².